The van der Waals surface area contributed by atoms with Crippen LogP contribution < -0.4 is 5.32 Å². The van der Waals surface area contributed by atoms with Crippen LogP contribution in [-0.4, -0.2) is 16.1 Å². The summed E-state index contributed by atoms with van der Waals surface area (Å²) in [5.74, 6) is -0.0960. The number of aromatic nitrogens is 2. The van der Waals surface area contributed by atoms with Crippen LogP contribution in [0.2, 0.25) is 0 Å². The van der Waals surface area contributed by atoms with Crippen LogP contribution in [0.4, 0.5) is 11.5 Å². The van der Waals surface area contributed by atoms with Gasteiger partial charge in [0.05, 0.1) is 0 Å². The number of carbonyl (C=O) groups excluding carboxylic acids is 1. The Morgan fingerprint density at radius 3 is 2.72 bits per heavy atom. The van der Waals surface area contributed by atoms with Gasteiger partial charge in [0.15, 0.2) is 4.98 Å². The third-order valence-corrected chi connectivity index (χ3v) is 3.07. The Hall–Kier alpha value is -1.95. The third-order valence-electron chi connectivity index (χ3n) is 2.35. The number of aryl methyl sites for hydroxylation is 1. The fourth-order valence-corrected chi connectivity index (χ4v) is 1.77. The third kappa shape index (κ3) is 2.48. The molecule has 90 valence electrons. The molecule has 0 aliphatic carbocycles. The summed E-state index contributed by atoms with van der Waals surface area (Å²) in [6.45, 7) is 1.70. The number of hydrogen-bond acceptors (Lipinski definition) is 3. The number of nitrogens with zero attached hydrogens (tertiary/aromatic N) is 3. The number of H-pyrrole nitrogens is 1. The number of rotatable bonds is 2. The Bertz CT molecular complexity index is 626. The highest BCUT2D eigenvalue weighted by Gasteiger charge is 2.23. The van der Waals surface area contributed by atoms with Gasteiger partial charge in [0, 0.05) is 9.13 Å². The van der Waals surface area contributed by atoms with Crippen LogP contribution in [0.1, 0.15) is 16.1 Å². The summed E-state index contributed by atoms with van der Waals surface area (Å²) < 4.78 is 1.05. The molecule has 6 nitrogen and oxygen atoms in total. The highest BCUT2D eigenvalue weighted by Crippen LogP contribution is 2.26. The molecular weight excluding hydrogens is 345 g/mol. The zero-order valence-corrected chi connectivity index (χ0v) is 11.6. The molecule has 2 aromatic rings. The molecule has 0 aliphatic heterocycles. The van der Waals surface area contributed by atoms with E-state index in [-0.39, 0.29) is 17.4 Å². The van der Waals surface area contributed by atoms with E-state index in [1.807, 2.05) is 12.1 Å². The van der Waals surface area contributed by atoms with Crippen molar-refractivity contribution >= 4 is 40.0 Å². The molecule has 0 saturated heterocycles. The molecule has 0 spiro atoms. The summed E-state index contributed by atoms with van der Waals surface area (Å²) >= 11 is 2.16. The Labute approximate surface area is 117 Å². The van der Waals surface area contributed by atoms with Crippen LogP contribution in [0.25, 0.3) is 4.98 Å². The summed E-state index contributed by atoms with van der Waals surface area (Å²) in [4.78, 5) is 15.0. The van der Waals surface area contributed by atoms with Gasteiger partial charge >= 0.3 is 5.69 Å². The van der Waals surface area contributed by atoms with Crippen LogP contribution in [0.5, 0.6) is 0 Å². The zero-order valence-electron chi connectivity index (χ0n) is 9.44. The lowest BCUT2D eigenvalue weighted by atomic mass is 10.2. The largest absolute Gasteiger partial charge is 0.449 e. The van der Waals surface area contributed by atoms with E-state index in [1.54, 1.807) is 19.1 Å². The smallest absolute Gasteiger partial charge is 0.298 e. The Kier molecular flexibility index (Phi) is 3.57. The first-order chi connectivity index (χ1) is 8.61. The van der Waals surface area contributed by atoms with Gasteiger partial charge in [-0.1, -0.05) is 0 Å². The molecule has 2 N–H and O–H groups in total. The second kappa shape index (κ2) is 5.14. The van der Waals surface area contributed by atoms with Gasteiger partial charge < -0.3 is 0 Å². The van der Waals surface area contributed by atoms with Crippen molar-refractivity contribution in [3.8, 4) is 0 Å². The lowest BCUT2D eigenvalue weighted by Crippen LogP contribution is -2.12. The molecule has 0 aliphatic rings. The highest BCUT2D eigenvalue weighted by molar-refractivity contribution is 14.1. The average Bonchev–Trinajstić information content (AvgIpc) is 2.70. The van der Waals surface area contributed by atoms with Gasteiger partial charge in [-0.05, 0) is 53.8 Å². The minimum Gasteiger partial charge on any atom is -0.298 e. The zero-order chi connectivity index (χ0) is 13.1. The van der Waals surface area contributed by atoms with E-state index in [0.717, 1.165) is 3.57 Å². The van der Waals surface area contributed by atoms with Crippen molar-refractivity contribution in [2.24, 2.45) is 0 Å². The summed E-state index contributed by atoms with van der Waals surface area (Å²) in [5.41, 5.74) is 1.32. The fraction of sp³-hybridized carbons (Fsp3) is 0.0909. The van der Waals surface area contributed by atoms with E-state index < -0.39 is 0 Å². The first-order valence-electron chi connectivity index (χ1n) is 5.09. The summed E-state index contributed by atoms with van der Waals surface area (Å²) in [6, 6.07) is 7.10. The molecule has 0 fully saturated rings. The van der Waals surface area contributed by atoms with Gasteiger partial charge in [0.2, 0.25) is 5.39 Å². The number of carbonyl (C=O) groups is 1. The van der Waals surface area contributed by atoms with Crippen molar-refractivity contribution in [3.05, 3.63) is 44.1 Å². The molecule has 1 aromatic carbocycles. The van der Waals surface area contributed by atoms with Crippen LogP contribution >= 0.6 is 22.6 Å². The number of benzene rings is 1. The predicted molar refractivity (Wildman–Crippen MR) is 75.2 cm³/mol. The summed E-state index contributed by atoms with van der Waals surface area (Å²) in [7, 11) is 0. The maximum atomic E-state index is 11.9. The van der Waals surface area contributed by atoms with Gasteiger partial charge in [-0.2, -0.15) is 0 Å². The quantitative estimate of drug-likeness (QED) is 0.642. The van der Waals surface area contributed by atoms with Gasteiger partial charge in [-0.25, -0.2) is 0 Å². The van der Waals surface area contributed by atoms with Crippen molar-refractivity contribution in [1.29, 1.82) is 5.39 Å². The predicted octanol–water partition coefficient (Wildman–Crippen LogP) is 3.06. The van der Waals surface area contributed by atoms with Crippen molar-refractivity contribution in [2.75, 3.05) is 5.32 Å². The minimum absolute atomic E-state index is 0.207. The number of diazo groups is 1. The molecule has 2 rings (SSSR count). The molecule has 0 radical (unpaired) electrons. The molecule has 1 aromatic heterocycles. The van der Waals surface area contributed by atoms with Crippen molar-refractivity contribution in [3.63, 3.8) is 0 Å². The van der Waals surface area contributed by atoms with Crippen LogP contribution in [0.3, 0.4) is 0 Å². The Morgan fingerprint density at radius 1 is 1.44 bits per heavy atom. The number of halogens is 1. The monoisotopic (exact) mass is 354 g/mol. The van der Waals surface area contributed by atoms with E-state index in [4.69, 9.17) is 5.39 Å². The molecular formula is C11H9IN5O+. The topological polar surface area (TPSA) is 85.9 Å². The normalized spacial score (nSPS) is 9.83. The van der Waals surface area contributed by atoms with E-state index in [2.05, 4.69) is 43.1 Å². The van der Waals surface area contributed by atoms with Gasteiger partial charge in [0.1, 0.15) is 5.69 Å². The van der Waals surface area contributed by atoms with Crippen molar-refractivity contribution in [2.45, 2.75) is 6.92 Å². The fourth-order valence-electron chi connectivity index (χ4n) is 1.41. The molecule has 1 heterocycles. The highest BCUT2D eigenvalue weighted by atomic mass is 127. The molecule has 0 unspecified atom stereocenters. The SMILES string of the molecule is Cc1[nH]nc(NC(=O)c2ccc(I)cc2)c1[N+]#N. The van der Waals surface area contributed by atoms with Gasteiger partial charge in [-0.15, -0.1) is 5.10 Å². The number of anilines is 1. The van der Waals surface area contributed by atoms with Crippen molar-refractivity contribution in [1.82, 2.24) is 10.2 Å². The van der Waals surface area contributed by atoms with E-state index in [9.17, 15) is 4.79 Å². The number of nitrogens with one attached hydrogen (secondary N) is 2. The first-order valence-corrected chi connectivity index (χ1v) is 6.16. The number of hydrogen-bond donors (Lipinski definition) is 2. The minimum atomic E-state index is -0.303. The second-order valence-corrected chi connectivity index (χ2v) is 4.85. The Morgan fingerprint density at radius 2 is 2.11 bits per heavy atom. The number of aromatic amines is 1. The first kappa shape index (κ1) is 12.5. The van der Waals surface area contributed by atoms with Crippen LogP contribution in [-0.2, 0) is 0 Å². The second-order valence-electron chi connectivity index (χ2n) is 3.61. The lowest BCUT2D eigenvalue weighted by Gasteiger charge is -2.00. The molecule has 0 bridgehead atoms. The standard InChI is InChI=1S/C11H8IN5O/c1-6-9(15-13)10(17-16-6)14-11(18)7-2-4-8(12)5-3-7/h2-5,13H,1H3/p+1. The summed E-state index contributed by atoms with van der Waals surface area (Å²) in [5, 5.41) is 17.9. The molecule has 0 atom stereocenters. The maximum absolute atomic E-state index is 11.9. The van der Waals surface area contributed by atoms with E-state index in [1.165, 1.54) is 0 Å². The molecule has 1 amide bonds. The Balaban J connectivity index is 2.22. The van der Waals surface area contributed by atoms with Crippen LogP contribution in [0.15, 0.2) is 24.3 Å². The van der Waals surface area contributed by atoms with Crippen LogP contribution in [0, 0.1) is 15.9 Å². The maximum Gasteiger partial charge on any atom is 0.449 e. The van der Waals surface area contributed by atoms with E-state index >= 15 is 0 Å². The van der Waals surface area contributed by atoms with Crippen molar-refractivity contribution < 1.29 is 4.79 Å². The molecule has 7 heteroatoms. The summed E-state index contributed by atoms with van der Waals surface area (Å²) in [6.07, 6.45) is 0. The molecule has 0 saturated carbocycles. The van der Waals surface area contributed by atoms with E-state index in [0.29, 0.717) is 11.3 Å². The number of amides is 1. The van der Waals surface area contributed by atoms with Gasteiger partial charge in [0.25, 0.3) is 11.7 Å². The van der Waals surface area contributed by atoms with Gasteiger partial charge in [-0.3, -0.25) is 15.2 Å². The lowest BCUT2D eigenvalue weighted by molar-refractivity contribution is 0.102. The average molecular weight is 354 g/mol. The molecule has 18 heavy (non-hydrogen) atoms.